The fourth-order valence-corrected chi connectivity index (χ4v) is 4.95. The van der Waals surface area contributed by atoms with Gasteiger partial charge in [-0.05, 0) is 31.9 Å². The molecule has 0 bridgehead atoms. The molecule has 2 aromatic carbocycles. The highest BCUT2D eigenvalue weighted by Gasteiger charge is 2.40. The van der Waals surface area contributed by atoms with Crippen LogP contribution in [0.3, 0.4) is 0 Å². The summed E-state index contributed by atoms with van der Waals surface area (Å²) in [5, 5.41) is 0.548. The minimum Gasteiger partial charge on any atom is -0.365 e. The van der Waals surface area contributed by atoms with Crippen LogP contribution < -0.4 is 11.2 Å². The fourth-order valence-electron chi connectivity index (χ4n) is 4.95. The van der Waals surface area contributed by atoms with Gasteiger partial charge in [0.25, 0.3) is 5.56 Å². The topological polar surface area (TPSA) is 58.2 Å². The van der Waals surface area contributed by atoms with E-state index in [1.165, 1.54) is 11.6 Å². The van der Waals surface area contributed by atoms with Gasteiger partial charge in [-0.25, -0.2) is 4.79 Å². The number of fused-ring (bicyclic) bond motifs is 3. The third-order valence-electron chi connectivity index (χ3n) is 6.46. The standard InChI is InChI=1S/C26H27N3O3/c1-16-10-9-13-18(14-16)23-22-21-19(24(30)28(5)25(31)27(21)4)20(17-11-7-6-8-12-17)29(22)26(2,3)15-32-23/h6-14,23H,15H2,1-5H3/t23-/m1/s1. The van der Waals surface area contributed by atoms with E-state index in [-0.39, 0.29) is 17.4 Å². The Labute approximate surface area is 186 Å². The van der Waals surface area contributed by atoms with E-state index in [0.717, 1.165) is 28.1 Å². The lowest BCUT2D eigenvalue weighted by molar-refractivity contribution is -0.00709. The van der Waals surface area contributed by atoms with Gasteiger partial charge >= 0.3 is 5.69 Å². The van der Waals surface area contributed by atoms with Gasteiger partial charge in [-0.15, -0.1) is 0 Å². The van der Waals surface area contributed by atoms with Crippen molar-refractivity contribution in [1.29, 1.82) is 0 Å². The van der Waals surface area contributed by atoms with Gasteiger partial charge in [-0.3, -0.25) is 13.9 Å². The Morgan fingerprint density at radius 1 is 0.969 bits per heavy atom. The Bertz CT molecular complexity index is 1470. The van der Waals surface area contributed by atoms with Crippen LogP contribution in [0.4, 0.5) is 0 Å². The molecule has 0 fully saturated rings. The molecular formula is C26H27N3O3. The van der Waals surface area contributed by atoms with Crippen LogP contribution in [0, 0.1) is 6.92 Å². The third kappa shape index (κ3) is 2.83. The van der Waals surface area contributed by atoms with Gasteiger partial charge in [-0.2, -0.15) is 0 Å². The highest BCUT2D eigenvalue weighted by atomic mass is 16.5. The Hall–Kier alpha value is -3.38. The van der Waals surface area contributed by atoms with Crippen LogP contribution in [-0.4, -0.2) is 20.3 Å². The molecule has 0 spiro atoms. The molecular weight excluding hydrogens is 402 g/mol. The molecule has 6 heteroatoms. The summed E-state index contributed by atoms with van der Waals surface area (Å²) in [5.74, 6) is 0. The molecule has 4 aromatic rings. The van der Waals surface area contributed by atoms with Crippen molar-refractivity contribution < 1.29 is 4.74 Å². The molecule has 1 aliphatic heterocycles. The number of ether oxygens (including phenoxy) is 1. The van der Waals surface area contributed by atoms with E-state index in [4.69, 9.17) is 4.74 Å². The number of hydrogen-bond donors (Lipinski definition) is 0. The molecule has 0 radical (unpaired) electrons. The van der Waals surface area contributed by atoms with Crippen LogP contribution in [-0.2, 0) is 24.4 Å². The first-order chi connectivity index (χ1) is 15.2. The maximum Gasteiger partial charge on any atom is 0.331 e. The summed E-state index contributed by atoms with van der Waals surface area (Å²) in [7, 11) is 3.27. The summed E-state index contributed by atoms with van der Waals surface area (Å²) >= 11 is 0. The highest BCUT2D eigenvalue weighted by molar-refractivity contribution is 5.96. The quantitative estimate of drug-likeness (QED) is 0.486. The lowest BCUT2D eigenvalue weighted by Crippen LogP contribution is -2.40. The molecule has 0 aliphatic carbocycles. The van der Waals surface area contributed by atoms with Gasteiger partial charge in [0.15, 0.2) is 0 Å². The molecule has 0 saturated carbocycles. The molecule has 0 amide bonds. The van der Waals surface area contributed by atoms with Crippen molar-refractivity contribution in [1.82, 2.24) is 13.7 Å². The third-order valence-corrected chi connectivity index (χ3v) is 6.46. The molecule has 0 N–H and O–H groups in total. The van der Waals surface area contributed by atoms with Crippen LogP contribution in [0.25, 0.3) is 22.2 Å². The van der Waals surface area contributed by atoms with Gasteiger partial charge in [0, 0.05) is 14.1 Å². The van der Waals surface area contributed by atoms with Crippen LogP contribution in [0.5, 0.6) is 0 Å². The second-order valence-corrected chi connectivity index (χ2v) is 9.28. The van der Waals surface area contributed by atoms with Gasteiger partial charge in [0.05, 0.1) is 34.4 Å². The first kappa shape index (κ1) is 20.5. The summed E-state index contributed by atoms with van der Waals surface area (Å²) < 4.78 is 11.4. The van der Waals surface area contributed by atoms with Crippen molar-refractivity contribution in [3.63, 3.8) is 0 Å². The SMILES string of the molecule is Cc1cccc([C@H]2OCC(C)(C)n3c(-c4ccccc4)c4c(=O)n(C)c(=O)n(C)c4c32)c1. The molecule has 0 unspecified atom stereocenters. The van der Waals surface area contributed by atoms with Crippen molar-refractivity contribution in [2.24, 2.45) is 14.1 Å². The second kappa shape index (κ2) is 7.07. The smallest absolute Gasteiger partial charge is 0.331 e. The van der Waals surface area contributed by atoms with E-state index in [1.807, 2.05) is 55.5 Å². The summed E-state index contributed by atoms with van der Waals surface area (Å²) in [4.78, 5) is 26.5. The zero-order valence-corrected chi connectivity index (χ0v) is 19.0. The molecule has 1 aliphatic rings. The predicted molar refractivity (Wildman–Crippen MR) is 126 cm³/mol. The Morgan fingerprint density at radius 2 is 1.69 bits per heavy atom. The normalized spacial score (nSPS) is 17.5. The zero-order chi connectivity index (χ0) is 22.8. The molecule has 6 nitrogen and oxygen atoms in total. The molecule has 164 valence electrons. The number of hydrogen-bond acceptors (Lipinski definition) is 3. The van der Waals surface area contributed by atoms with Crippen molar-refractivity contribution in [3.05, 3.63) is 92.3 Å². The molecule has 2 aromatic heterocycles. The minimum absolute atomic E-state index is 0.289. The monoisotopic (exact) mass is 429 g/mol. The summed E-state index contributed by atoms with van der Waals surface area (Å²) in [6, 6.07) is 18.1. The zero-order valence-electron chi connectivity index (χ0n) is 19.0. The summed E-state index contributed by atoms with van der Waals surface area (Å²) in [6.07, 6.45) is -0.388. The maximum absolute atomic E-state index is 13.5. The van der Waals surface area contributed by atoms with Crippen molar-refractivity contribution in [2.45, 2.75) is 32.4 Å². The molecule has 1 atom stereocenters. The van der Waals surface area contributed by atoms with E-state index < -0.39 is 5.54 Å². The Morgan fingerprint density at radius 3 is 2.38 bits per heavy atom. The first-order valence-electron chi connectivity index (χ1n) is 10.8. The van der Waals surface area contributed by atoms with Crippen molar-refractivity contribution in [2.75, 3.05) is 6.61 Å². The largest absolute Gasteiger partial charge is 0.365 e. The van der Waals surface area contributed by atoms with Crippen molar-refractivity contribution >= 4 is 10.9 Å². The average Bonchev–Trinajstić information content (AvgIpc) is 3.14. The summed E-state index contributed by atoms with van der Waals surface area (Å²) in [5.41, 5.74) is 4.34. The average molecular weight is 430 g/mol. The van der Waals surface area contributed by atoms with E-state index in [2.05, 4.69) is 24.5 Å². The Balaban J connectivity index is 2.02. The van der Waals surface area contributed by atoms with Crippen LogP contribution >= 0.6 is 0 Å². The van der Waals surface area contributed by atoms with Crippen molar-refractivity contribution in [3.8, 4) is 11.3 Å². The summed E-state index contributed by atoms with van der Waals surface area (Å²) in [6.45, 7) is 6.75. The fraction of sp³-hybridized carbons (Fsp3) is 0.308. The second-order valence-electron chi connectivity index (χ2n) is 9.28. The number of aryl methyl sites for hydroxylation is 2. The predicted octanol–water partition coefficient (Wildman–Crippen LogP) is 3.87. The maximum atomic E-state index is 13.5. The number of nitrogens with zero attached hydrogens (tertiary/aromatic N) is 3. The first-order valence-corrected chi connectivity index (χ1v) is 10.8. The van der Waals surface area contributed by atoms with Crippen LogP contribution in [0.2, 0.25) is 0 Å². The van der Waals surface area contributed by atoms with Gasteiger partial charge in [0.1, 0.15) is 6.10 Å². The molecule has 0 saturated heterocycles. The molecule has 5 rings (SSSR count). The number of rotatable bonds is 2. The lowest BCUT2D eigenvalue weighted by atomic mass is 9.97. The van der Waals surface area contributed by atoms with E-state index in [1.54, 1.807) is 11.6 Å². The van der Waals surface area contributed by atoms with Crippen LogP contribution in [0.1, 0.15) is 36.8 Å². The van der Waals surface area contributed by atoms with Gasteiger partial charge < -0.3 is 9.30 Å². The van der Waals surface area contributed by atoms with E-state index >= 15 is 0 Å². The van der Waals surface area contributed by atoms with Crippen LogP contribution in [0.15, 0.2) is 64.2 Å². The lowest BCUT2D eigenvalue weighted by Gasteiger charge is -2.39. The molecule has 3 heterocycles. The van der Waals surface area contributed by atoms with E-state index in [9.17, 15) is 9.59 Å². The van der Waals surface area contributed by atoms with Gasteiger partial charge in [0.2, 0.25) is 0 Å². The van der Waals surface area contributed by atoms with E-state index in [0.29, 0.717) is 17.5 Å². The number of benzene rings is 2. The number of aromatic nitrogens is 3. The van der Waals surface area contributed by atoms with Gasteiger partial charge in [-0.1, -0.05) is 60.2 Å². The Kier molecular flexibility index (Phi) is 4.53. The molecule has 32 heavy (non-hydrogen) atoms. The highest BCUT2D eigenvalue weighted by Crippen LogP contribution is 2.45. The minimum atomic E-state index is -0.416.